The maximum Gasteiger partial charge on any atom is 0.252 e. The van der Waals surface area contributed by atoms with Crippen LogP contribution in [-0.4, -0.2) is 22.6 Å². The first-order chi connectivity index (χ1) is 7.13. The summed E-state index contributed by atoms with van der Waals surface area (Å²) >= 11 is 3.34. The van der Waals surface area contributed by atoms with Gasteiger partial charge in [-0.05, 0) is 22.0 Å². The Kier molecular flexibility index (Phi) is 2.36. The van der Waals surface area contributed by atoms with Crippen LogP contribution >= 0.6 is 15.9 Å². The fourth-order valence-corrected chi connectivity index (χ4v) is 1.89. The first-order valence-electron chi connectivity index (χ1n) is 4.28. The summed E-state index contributed by atoms with van der Waals surface area (Å²) in [7, 11) is 1.74. The van der Waals surface area contributed by atoms with Crippen molar-refractivity contribution in [3.63, 3.8) is 0 Å². The van der Waals surface area contributed by atoms with Gasteiger partial charge < -0.3 is 11.1 Å². The van der Waals surface area contributed by atoms with Crippen molar-refractivity contribution in [3.05, 3.63) is 28.5 Å². The standard InChI is InChI=1S/C9H9BrN4O/c1-12-8-6(9(11)15)3-13-14-4-5(10)2-7(8)14/h2-4,12H,1H3,(H2,11,15). The molecule has 0 aliphatic rings. The Bertz CT molecular complexity index is 534. The van der Waals surface area contributed by atoms with Crippen LogP contribution in [0.2, 0.25) is 0 Å². The van der Waals surface area contributed by atoms with Crippen LogP contribution in [-0.2, 0) is 0 Å². The second-order valence-electron chi connectivity index (χ2n) is 3.04. The molecule has 15 heavy (non-hydrogen) atoms. The van der Waals surface area contributed by atoms with Gasteiger partial charge in [-0.15, -0.1) is 0 Å². The van der Waals surface area contributed by atoms with E-state index in [0.717, 1.165) is 9.99 Å². The number of fused-ring (bicyclic) bond motifs is 1. The van der Waals surface area contributed by atoms with Crippen molar-refractivity contribution >= 4 is 33.0 Å². The molecule has 78 valence electrons. The van der Waals surface area contributed by atoms with Crippen molar-refractivity contribution in [2.75, 3.05) is 12.4 Å². The number of hydrogen-bond acceptors (Lipinski definition) is 3. The highest BCUT2D eigenvalue weighted by atomic mass is 79.9. The van der Waals surface area contributed by atoms with Gasteiger partial charge in [-0.25, -0.2) is 4.52 Å². The summed E-state index contributed by atoms with van der Waals surface area (Å²) in [6, 6.07) is 1.87. The number of nitrogens with one attached hydrogen (secondary N) is 1. The van der Waals surface area contributed by atoms with Gasteiger partial charge in [0, 0.05) is 17.7 Å². The highest BCUT2D eigenvalue weighted by molar-refractivity contribution is 9.10. The van der Waals surface area contributed by atoms with Gasteiger partial charge >= 0.3 is 0 Å². The molecule has 0 bridgehead atoms. The van der Waals surface area contributed by atoms with E-state index in [1.807, 2.05) is 6.07 Å². The SMILES string of the molecule is CNc1c(C(N)=O)cnn2cc(Br)cc12. The van der Waals surface area contributed by atoms with Crippen molar-refractivity contribution in [2.45, 2.75) is 0 Å². The number of amides is 1. The molecule has 0 aliphatic carbocycles. The Morgan fingerprint density at radius 3 is 3.00 bits per heavy atom. The van der Waals surface area contributed by atoms with E-state index < -0.39 is 5.91 Å². The van der Waals surface area contributed by atoms with Gasteiger partial charge in [0.05, 0.1) is 23.0 Å². The molecule has 2 heterocycles. The third kappa shape index (κ3) is 1.56. The monoisotopic (exact) mass is 268 g/mol. The Morgan fingerprint density at radius 1 is 1.67 bits per heavy atom. The number of halogens is 1. The largest absolute Gasteiger partial charge is 0.386 e. The summed E-state index contributed by atoms with van der Waals surface area (Å²) < 4.78 is 2.57. The van der Waals surface area contributed by atoms with Crippen LogP contribution in [0.1, 0.15) is 10.4 Å². The van der Waals surface area contributed by atoms with Crippen LogP contribution in [0, 0.1) is 0 Å². The average Bonchev–Trinajstić information content (AvgIpc) is 2.55. The average molecular weight is 269 g/mol. The number of nitrogens with zero attached hydrogens (tertiary/aromatic N) is 2. The van der Waals surface area contributed by atoms with E-state index in [4.69, 9.17) is 5.73 Å². The lowest BCUT2D eigenvalue weighted by Gasteiger charge is -2.07. The first-order valence-corrected chi connectivity index (χ1v) is 5.07. The van der Waals surface area contributed by atoms with Crippen molar-refractivity contribution in [3.8, 4) is 0 Å². The quantitative estimate of drug-likeness (QED) is 0.861. The van der Waals surface area contributed by atoms with Crippen LogP contribution in [0.15, 0.2) is 22.9 Å². The summed E-state index contributed by atoms with van der Waals surface area (Å²) in [6.07, 6.45) is 3.26. The van der Waals surface area contributed by atoms with E-state index in [9.17, 15) is 4.79 Å². The van der Waals surface area contributed by atoms with E-state index in [1.165, 1.54) is 6.20 Å². The second kappa shape index (κ2) is 3.54. The lowest BCUT2D eigenvalue weighted by Crippen LogP contribution is -2.15. The van der Waals surface area contributed by atoms with Crippen molar-refractivity contribution in [2.24, 2.45) is 5.73 Å². The number of anilines is 1. The summed E-state index contributed by atoms with van der Waals surface area (Å²) in [4.78, 5) is 11.2. The topological polar surface area (TPSA) is 72.4 Å². The van der Waals surface area contributed by atoms with Gasteiger partial charge in [0.1, 0.15) is 0 Å². The number of primary amides is 1. The maximum atomic E-state index is 11.2. The van der Waals surface area contributed by atoms with E-state index in [2.05, 4.69) is 26.3 Å². The maximum absolute atomic E-state index is 11.2. The van der Waals surface area contributed by atoms with Crippen molar-refractivity contribution in [1.82, 2.24) is 9.61 Å². The van der Waals surface area contributed by atoms with Gasteiger partial charge in [-0.2, -0.15) is 5.10 Å². The van der Waals surface area contributed by atoms with Gasteiger partial charge in [-0.1, -0.05) is 0 Å². The molecule has 0 atom stereocenters. The number of nitrogens with two attached hydrogens (primary N) is 1. The molecule has 2 aromatic heterocycles. The molecule has 0 unspecified atom stereocenters. The number of rotatable bonds is 2. The minimum Gasteiger partial charge on any atom is -0.386 e. The summed E-state index contributed by atoms with van der Waals surface area (Å²) in [5.41, 5.74) is 7.12. The molecule has 0 radical (unpaired) electrons. The number of carbonyl (C=O) groups is 1. The van der Waals surface area contributed by atoms with E-state index in [-0.39, 0.29) is 0 Å². The highest BCUT2D eigenvalue weighted by Gasteiger charge is 2.12. The molecule has 0 saturated heterocycles. The third-order valence-electron chi connectivity index (χ3n) is 2.12. The van der Waals surface area contributed by atoms with E-state index >= 15 is 0 Å². The molecule has 5 nitrogen and oxygen atoms in total. The second-order valence-corrected chi connectivity index (χ2v) is 3.95. The lowest BCUT2D eigenvalue weighted by atomic mass is 10.2. The number of hydrogen-bond donors (Lipinski definition) is 2. The lowest BCUT2D eigenvalue weighted by molar-refractivity contribution is 0.100. The molecule has 2 rings (SSSR count). The predicted octanol–water partition coefficient (Wildman–Crippen LogP) is 1.24. The molecule has 2 aromatic rings. The molecule has 3 N–H and O–H groups in total. The Labute approximate surface area is 94.4 Å². The van der Waals surface area contributed by atoms with E-state index in [0.29, 0.717) is 11.3 Å². The highest BCUT2D eigenvalue weighted by Crippen LogP contribution is 2.24. The van der Waals surface area contributed by atoms with Crippen molar-refractivity contribution in [1.29, 1.82) is 0 Å². The summed E-state index contributed by atoms with van der Waals surface area (Å²) in [6.45, 7) is 0. The molecule has 0 fully saturated rings. The van der Waals surface area contributed by atoms with Gasteiger partial charge in [-0.3, -0.25) is 4.79 Å². The molecular weight excluding hydrogens is 260 g/mol. The summed E-state index contributed by atoms with van der Waals surface area (Å²) in [5, 5.41) is 7.03. The minimum absolute atomic E-state index is 0.385. The molecule has 1 amide bonds. The fourth-order valence-electron chi connectivity index (χ4n) is 1.47. The van der Waals surface area contributed by atoms with Gasteiger partial charge in [0.2, 0.25) is 0 Å². The van der Waals surface area contributed by atoms with Crippen molar-refractivity contribution < 1.29 is 4.79 Å². The molecular formula is C9H9BrN4O. The zero-order valence-corrected chi connectivity index (χ0v) is 9.58. The fraction of sp³-hybridized carbons (Fsp3) is 0.111. The van der Waals surface area contributed by atoms with Crippen LogP contribution in [0.25, 0.3) is 5.52 Å². The van der Waals surface area contributed by atoms with Gasteiger partial charge in [0.15, 0.2) is 0 Å². The molecule has 0 spiro atoms. The summed E-state index contributed by atoms with van der Waals surface area (Å²) in [5.74, 6) is -0.494. The van der Waals surface area contributed by atoms with E-state index in [1.54, 1.807) is 17.8 Å². The van der Waals surface area contributed by atoms with Crippen LogP contribution in [0.3, 0.4) is 0 Å². The van der Waals surface area contributed by atoms with Crippen LogP contribution in [0.4, 0.5) is 5.69 Å². The number of aromatic nitrogens is 2. The predicted molar refractivity (Wildman–Crippen MR) is 61.0 cm³/mol. The number of carbonyl (C=O) groups excluding carboxylic acids is 1. The van der Waals surface area contributed by atoms with Crippen LogP contribution < -0.4 is 11.1 Å². The minimum atomic E-state index is -0.494. The molecule has 6 heteroatoms. The normalized spacial score (nSPS) is 10.5. The Balaban J connectivity index is 2.80. The molecule has 0 aliphatic heterocycles. The van der Waals surface area contributed by atoms with Gasteiger partial charge in [0.25, 0.3) is 5.91 Å². The molecule has 0 aromatic carbocycles. The Hall–Kier alpha value is -1.56. The molecule has 0 saturated carbocycles. The zero-order valence-electron chi connectivity index (χ0n) is 7.99. The van der Waals surface area contributed by atoms with Crippen LogP contribution in [0.5, 0.6) is 0 Å². The zero-order chi connectivity index (χ0) is 11.0. The first kappa shape index (κ1) is 9.97. The Morgan fingerprint density at radius 2 is 2.40 bits per heavy atom. The third-order valence-corrected chi connectivity index (χ3v) is 2.55. The smallest absolute Gasteiger partial charge is 0.252 e.